The third-order valence-corrected chi connectivity index (χ3v) is 5.89. The van der Waals surface area contributed by atoms with E-state index in [1.165, 1.54) is 12.1 Å². The van der Waals surface area contributed by atoms with Crippen molar-refractivity contribution in [1.29, 1.82) is 0 Å². The number of hydrazone groups is 1. The van der Waals surface area contributed by atoms with Crippen LogP contribution >= 0.6 is 0 Å². The van der Waals surface area contributed by atoms with Crippen LogP contribution in [0.2, 0.25) is 0 Å². The molecule has 0 aliphatic heterocycles. The summed E-state index contributed by atoms with van der Waals surface area (Å²) in [5.41, 5.74) is 7.83. The van der Waals surface area contributed by atoms with Crippen molar-refractivity contribution in [2.24, 2.45) is 12.1 Å². The fourth-order valence-electron chi connectivity index (χ4n) is 3.93. The summed E-state index contributed by atoms with van der Waals surface area (Å²) >= 11 is 0. The Hall–Kier alpha value is -4.15. The van der Waals surface area contributed by atoms with Gasteiger partial charge in [-0.15, -0.1) is 0 Å². The summed E-state index contributed by atoms with van der Waals surface area (Å²) in [6.45, 7) is 5.31. The number of amides is 1. The second kappa shape index (κ2) is 10.2. The molecule has 0 saturated carbocycles. The number of aromatic nitrogens is 5. The molecule has 11 heteroatoms. The second-order valence-electron chi connectivity index (χ2n) is 8.37. The van der Waals surface area contributed by atoms with Crippen molar-refractivity contribution in [3.8, 4) is 17.0 Å². The van der Waals surface area contributed by atoms with Crippen LogP contribution in [-0.4, -0.2) is 42.8 Å². The monoisotopic (exact) mass is 495 g/mol. The van der Waals surface area contributed by atoms with E-state index >= 15 is 0 Å². The molecule has 0 bridgehead atoms. The van der Waals surface area contributed by atoms with Gasteiger partial charge >= 0.3 is 6.61 Å². The predicted octanol–water partition coefficient (Wildman–Crippen LogP) is 4.61. The number of hydrogen-bond acceptors (Lipinski definition) is 6. The highest BCUT2D eigenvalue weighted by Crippen LogP contribution is 2.29. The lowest BCUT2D eigenvalue weighted by Crippen LogP contribution is -2.20. The molecular formula is C25H27F2N7O2. The normalized spacial score (nSPS) is 11.9. The van der Waals surface area contributed by atoms with Gasteiger partial charge in [-0.2, -0.15) is 24.1 Å². The van der Waals surface area contributed by atoms with Gasteiger partial charge in [0.05, 0.1) is 34.2 Å². The summed E-state index contributed by atoms with van der Waals surface area (Å²) in [5.74, 6) is -0.371. The Kier molecular flexibility index (Phi) is 7.09. The van der Waals surface area contributed by atoms with Crippen LogP contribution in [0.5, 0.6) is 5.75 Å². The van der Waals surface area contributed by atoms with Gasteiger partial charge < -0.3 is 4.74 Å². The molecule has 0 unspecified atom stereocenters. The zero-order valence-electron chi connectivity index (χ0n) is 20.7. The van der Waals surface area contributed by atoms with E-state index in [2.05, 4.69) is 32.4 Å². The molecule has 3 heterocycles. The highest BCUT2D eigenvalue weighted by molar-refractivity contribution is 6.08. The number of benzene rings is 1. The van der Waals surface area contributed by atoms with Gasteiger partial charge in [-0.25, -0.2) is 15.1 Å². The number of fused-ring (bicyclic) bond motifs is 1. The summed E-state index contributed by atoms with van der Waals surface area (Å²) in [6, 6.07) is 7.75. The Balaban J connectivity index is 1.70. The maximum atomic E-state index is 13.4. The van der Waals surface area contributed by atoms with E-state index in [4.69, 9.17) is 4.98 Å². The van der Waals surface area contributed by atoms with Crippen LogP contribution in [-0.2, 0) is 13.6 Å². The molecule has 3 aromatic heterocycles. The highest BCUT2D eigenvalue weighted by atomic mass is 19.3. The molecular weight excluding hydrogens is 468 g/mol. The molecule has 0 fully saturated rings. The van der Waals surface area contributed by atoms with Crippen molar-refractivity contribution >= 4 is 22.7 Å². The Morgan fingerprint density at radius 2 is 1.94 bits per heavy atom. The van der Waals surface area contributed by atoms with Crippen LogP contribution in [0.15, 0.2) is 41.6 Å². The van der Waals surface area contributed by atoms with Gasteiger partial charge in [0, 0.05) is 24.8 Å². The molecule has 0 radical (unpaired) electrons. The van der Waals surface area contributed by atoms with E-state index in [1.807, 2.05) is 25.6 Å². The van der Waals surface area contributed by atoms with Crippen LogP contribution in [0.25, 0.3) is 22.3 Å². The number of halogens is 2. The summed E-state index contributed by atoms with van der Waals surface area (Å²) < 4.78 is 32.7. The standard InChI is InChI=1S/C25H27F2N7O2/c1-6-11-34-23-22(15(3)32-34)19(12-21(29-23)20-13-28-33(5)16(20)4)24(35)31-30-14(2)17-7-9-18(10-8-17)36-25(26)27/h7-10,12-13,25H,6,11H2,1-5H3,(H,31,35). The molecule has 1 N–H and O–H groups in total. The van der Waals surface area contributed by atoms with Crippen molar-refractivity contribution < 1.29 is 18.3 Å². The van der Waals surface area contributed by atoms with E-state index in [0.717, 1.165) is 17.7 Å². The lowest BCUT2D eigenvalue weighted by molar-refractivity contribution is -0.0498. The number of ether oxygens (including phenoxy) is 1. The lowest BCUT2D eigenvalue weighted by atomic mass is 10.1. The molecule has 0 spiro atoms. The molecule has 9 nitrogen and oxygen atoms in total. The first-order valence-electron chi connectivity index (χ1n) is 11.5. The van der Waals surface area contributed by atoms with Crippen LogP contribution in [0, 0.1) is 13.8 Å². The maximum Gasteiger partial charge on any atom is 0.387 e. The second-order valence-corrected chi connectivity index (χ2v) is 8.37. The first kappa shape index (κ1) is 25.0. The van der Waals surface area contributed by atoms with Gasteiger partial charge in [-0.3, -0.25) is 9.48 Å². The number of nitrogens with zero attached hydrogens (tertiary/aromatic N) is 6. The number of carbonyl (C=O) groups is 1. The molecule has 36 heavy (non-hydrogen) atoms. The minimum Gasteiger partial charge on any atom is -0.435 e. The Bertz CT molecular complexity index is 1440. The summed E-state index contributed by atoms with van der Waals surface area (Å²) in [5, 5.41) is 13.8. The minimum atomic E-state index is -2.90. The van der Waals surface area contributed by atoms with Crippen molar-refractivity contribution in [3.05, 3.63) is 59.0 Å². The molecule has 0 aliphatic carbocycles. The largest absolute Gasteiger partial charge is 0.435 e. The molecule has 1 amide bonds. The molecule has 0 saturated heterocycles. The fourth-order valence-corrected chi connectivity index (χ4v) is 3.93. The summed E-state index contributed by atoms with van der Waals surface area (Å²) in [4.78, 5) is 18.2. The molecule has 0 aliphatic rings. The molecule has 1 aromatic carbocycles. The number of alkyl halides is 2. The molecule has 4 aromatic rings. The van der Waals surface area contributed by atoms with Gasteiger partial charge in [0.1, 0.15) is 5.75 Å². The SMILES string of the molecule is CCCn1nc(C)c2c(C(=O)NN=C(C)c3ccc(OC(F)F)cc3)cc(-c3cnn(C)c3C)nc21. The number of nitrogens with one attached hydrogen (secondary N) is 1. The average Bonchev–Trinajstić information content (AvgIpc) is 3.35. The van der Waals surface area contributed by atoms with E-state index in [9.17, 15) is 13.6 Å². The van der Waals surface area contributed by atoms with E-state index in [1.54, 1.807) is 36.0 Å². The van der Waals surface area contributed by atoms with Crippen molar-refractivity contribution in [2.45, 2.75) is 47.3 Å². The van der Waals surface area contributed by atoms with Crippen molar-refractivity contribution in [1.82, 2.24) is 30.0 Å². The Morgan fingerprint density at radius 1 is 1.22 bits per heavy atom. The third-order valence-electron chi connectivity index (χ3n) is 5.89. The Morgan fingerprint density at radius 3 is 2.56 bits per heavy atom. The average molecular weight is 496 g/mol. The fraction of sp³-hybridized carbons (Fsp3) is 0.320. The summed E-state index contributed by atoms with van der Waals surface area (Å²) in [6.07, 6.45) is 2.59. The number of pyridine rings is 1. The van der Waals surface area contributed by atoms with E-state index < -0.39 is 12.5 Å². The number of aryl methyl sites for hydroxylation is 3. The molecule has 188 valence electrons. The quantitative estimate of drug-likeness (QED) is 0.284. The molecule has 0 atom stereocenters. The maximum absolute atomic E-state index is 13.4. The summed E-state index contributed by atoms with van der Waals surface area (Å²) in [7, 11) is 1.85. The van der Waals surface area contributed by atoms with Gasteiger partial charge in [-0.1, -0.05) is 6.92 Å². The highest BCUT2D eigenvalue weighted by Gasteiger charge is 2.21. The van der Waals surface area contributed by atoms with Crippen LogP contribution in [0.1, 0.15) is 47.6 Å². The van der Waals surface area contributed by atoms with Gasteiger partial charge in [-0.05, 0) is 63.1 Å². The van der Waals surface area contributed by atoms with Crippen LogP contribution < -0.4 is 10.2 Å². The minimum absolute atomic E-state index is 0.0440. The first-order chi connectivity index (χ1) is 17.2. The van der Waals surface area contributed by atoms with E-state index in [0.29, 0.717) is 45.8 Å². The van der Waals surface area contributed by atoms with Gasteiger partial charge in [0.2, 0.25) is 0 Å². The first-order valence-corrected chi connectivity index (χ1v) is 11.5. The third kappa shape index (κ3) is 4.95. The van der Waals surface area contributed by atoms with Crippen molar-refractivity contribution in [2.75, 3.05) is 0 Å². The lowest BCUT2D eigenvalue weighted by Gasteiger charge is -2.09. The van der Waals surface area contributed by atoms with E-state index in [-0.39, 0.29) is 5.75 Å². The van der Waals surface area contributed by atoms with Gasteiger partial charge in [0.25, 0.3) is 5.91 Å². The zero-order chi connectivity index (χ0) is 26.0. The van der Waals surface area contributed by atoms with Crippen LogP contribution in [0.3, 0.4) is 0 Å². The Labute approximate surface area is 206 Å². The van der Waals surface area contributed by atoms with Gasteiger partial charge in [0.15, 0.2) is 5.65 Å². The topological polar surface area (TPSA) is 99.2 Å². The number of rotatable bonds is 8. The van der Waals surface area contributed by atoms with Crippen LogP contribution in [0.4, 0.5) is 8.78 Å². The number of hydrogen-bond donors (Lipinski definition) is 1. The van der Waals surface area contributed by atoms with Crippen molar-refractivity contribution in [3.63, 3.8) is 0 Å². The zero-order valence-corrected chi connectivity index (χ0v) is 20.7. The predicted molar refractivity (Wildman–Crippen MR) is 132 cm³/mol. The smallest absolute Gasteiger partial charge is 0.387 e. The molecule has 4 rings (SSSR count). The number of carbonyl (C=O) groups excluding carboxylic acids is 1.